The van der Waals surface area contributed by atoms with E-state index in [2.05, 4.69) is 20.3 Å². The number of carbonyl (C=O) groups excluding carboxylic acids is 1. The van der Waals surface area contributed by atoms with Crippen molar-refractivity contribution in [3.8, 4) is 5.75 Å². The monoisotopic (exact) mass is 348 g/mol. The minimum absolute atomic E-state index is 0.174. The summed E-state index contributed by atoms with van der Waals surface area (Å²) in [7, 11) is 0. The van der Waals surface area contributed by atoms with E-state index in [0.717, 1.165) is 33.5 Å². The van der Waals surface area contributed by atoms with E-state index < -0.39 is 0 Å². The first kappa shape index (κ1) is 16.2. The zero-order valence-electron chi connectivity index (χ0n) is 14.7. The van der Waals surface area contributed by atoms with Crippen LogP contribution < -0.4 is 10.1 Å². The molecule has 1 unspecified atom stereocenters. The highest BCUT2D eigenvalue weighted by atomic mass is 16.5. The molecule has 4 rings (SSSR count). The van der Waals surface area contributed by atoms with Gasteiger partial charge < -0.3 is 20.0 Å². The second-order valence-electron chi connectivity index (χ2n) is 6.20. The van der Waals surface area contributed by atoms with Crippen LogP contribution in [0.15, 0.2) is 48.5 Å². The van der Waals surface area contributed by atoms with Gasteiger partial charge >= 0.3 is 0 Å². The van der Waals surface area contributed by atoms with Crippen LogP contribution in [0.1, 0.15) is 36.2 Å². The van der Waals surface area contributed by atoms with E-state index >= 15 is 0 Å². The van der Waals surface area contributed by atoms with Crippen LogP contribution in [0.4, 0.5) is 0 Å². The van der Waals surface area contributed by atoms with Crippen LogP contribution in [-0.4, -0.2) is 27.5 Å². The molecule has 2 aromatic heterocycles. The van der Waals surface area contributed by atoms with Crippen LogP contribution in [0.2, 0.25) is 0 Å². The summed E-state index contributed by atoms with van der Waals surface area (Å²) in [5.74, 6) is 1.34. The summed E-state index contributed by atoms with van der Waals surface area (Å²) in [5.41, 5.74) is 3.23. The fourth-order valence-electron chi connectivity index (χ4n) is 3.01. The normalized spacial score (nSPS) is 12.4. The van der Waals surface area contributed by atoms with Gasteiger partial charge in [0.05, 0.1) is 23.7 Å². The van der Waals surface area contributed by atoms with Crippen molar-refractivity contribution < 1.29 is 9.53 Å². The van der Waals surface area contributed by atoms with Crippen molar-refractivity contribution in [3.05, 3.63) is 60.0 Å². The number of H-pyrrole nitrogens is 2. The van der Waals surface area contributed by atoms with Crippen LogP contribution in [-0.2, 0) is 0 Å². The second-order valence-corrected chi connectivity index (χ2v) is 6.20. The van der Waals surface area contributed by atoms with Gasteiger partial charge in [0.15, 0.2) is 0 Å². The first-order valence-corrected chi connectivity index (χ1v) is 8.65. The van der Waals surface area contributed by atoms with E-state index in [4.69, 9.17) is 4.74 Å². The summed E-state index contributed by atoms with van der Waals surface area (Å²) in [5, 5.41) is 3.95. The molecule has 26 heavy (non-hydrogen) atoms. The van der Waals surface area contributed by atoms with Gasteiger partial charge in [-0.3, -0.25) is 4.79 Å². The summed E-state index contributed by atoms with van der Waals surface area (Å²) < 4.78 is 5.50. The van der Waals surface area contributed by atoms with E-state index in [1.54, 1.807) is 0 Å². The summed E-state index contributed by atoms with van der Waals surface area (Å²) in [4.78, 5) is 23.5. The largest absolute Gasteiger partial charge is 0.494 e. The van der Waals surface area contributed by atoms with Crippen LogP contribution in [0.5, 0.6) is 5.75 Å². The Morgan fingerprint density at radius 1 is 1.15 bits per heavy atom. The number of benzene rings is 2. The minimum atomic E-state index is -0.236. The molecule has 2 aromatic carbocycles. The predicted molar refractivity (Wildman–Crippen MR) is 101 cm³/mol. The van der Waals surface area contributed by atoms with E-state index in [1.807, 2.05) is 62.4 Å². The summed E-state index contributed by atoms with van der Waals surface area (Å²) >= 11 is 0. The number of hydrogen-bond donors (Lipinski definition) is 3. The maximum Gasteiger partial charge on any atom is 0.268 e. The maximum atomic E-state index is 12.6. The van der Waals surface area contributed by atoms with Gasteiger partial charge in [-0.25, -0.2) is 4.98 Å². The van der Waals surface area contributed by atoms with Crippen molar-refractivity contribution in [1.82, 2.24) is 20.3 Å². The van der Waals surface area contributed by atoms with Gasteiger partial charge in [0.25, 0.3) is 5.91 Å². The molecule has 0 saturated heterocycles. The van der Waals surface area contributed by atoms with E-state index in [9.17, 15) is 4.79 Å². The lowest BCUT2D eigenvalue weighted by molar-refractivity contribution is 0.0934. The molecular formula is C20H20N4O2. The third kappa shape index (κ3) is 3.01. The van der Waals surface area contributed by atoms with E-state index in [0.29, 0.717) is 12.3 Å². The summed E-state index contributed by atoms with van der Waals surface area (Å²) in [6, 6.07) is 15.1. The SMILES string of the molecule is CCOc1ccc2cc(C(=O)NC(C)c3nc4ccccc4[nH]3)[nH]c2c1. The number of aromatic amines is 2. The number of fused-ring (bicyclic) bond motifs is 2. The van der Waals surface area contributed by atoms with Crippen LogP contribution in [0, 0.1) is 0 Å². The number of nitrogens with zero attached hydrogens (tertiary/aromatic N) is 1. The molecule has 0 spiro atoms. The molecule has 6 nitrogen and oxygen atoms in total. The van der Waals surface area contributed by atoms with Crippen LogP contribution in [0.3, 0.4) is 0 Å². The molecule has 0 fully saturated rings. The lowest BCUT2D eigenvalue weighted by Gasteiger charge is -2.10. The van der Waals surface area contributed by atoms with Gasteiger partial charge in [-0.05, 0) is 44.2 Å². The fraction of sp³-hybridized carbons (Fsp3) is 0.200. The highest BCUT2D eigenvalue weighted by molar-refractivity contribution is 5.98. The van der Waals surface area contributed by atoms with Crippen molar-refractivity contribution in [2.45, 2.75) is 19.9 Å². The standard InChI is InChI=1S/C20H20N4O2/c1-3-26-14-9-8-13-10-18(22-17(13)11-14)20(25)21-12(2)19-23-15-6-4-5-7-16(15)24-19/h4-12,22H,3H2,1-2H3,(H,21,25)(H,23,24). The number of hydrogen-bond acceptors (Lipinski definition) is 3. The van der Waals surface area contributed by atoms with Crippen molar-refractivity contribution in [3.63, 3.8) is 0 Å². The predicted octanol–water partition coefficient (Wildman–Crippen LogP) is 3.93. The lowest BCUT2D eigenvalue weighted by atomic mass is 10.2. The average molecular weight is 348 g/mol. The Morgan fingerprint density at radius 2 is 2.00 bits per heavy atom. The van der Waals surface area contributed by atoms with Gasteiger partial charge in [0, 0.05) is 17.0 Å². The van der Waals surface area contributed by atoms with E-state index in [1.165, 1.54) is 0 Å². The summed E-state index contributed by atoms with van der Waals surface area (Å²) in [6.07, 6.45) is 0. The number of para-hydroxylation sites is 2. The molecule has 1 atom stereocenters. The zero-order valence-corrected chi connectivity index (χ0v) is 14.7. The van der Waals surface area contributed by atoms with Crippen molar-refractivity contribution >= 4 is 27.8 Å². The van der Waals surface area contributed by atoms with Crippen LogP contribution >= 0.6 is 0 Å². The quantitative estimate of drug-likeness (QED) is 0.511. The molecule has 4 aromatic rings. The molecule has 1 amide bonds. The van der Waals surface area contributed by atoms with Gasteiger partial charge in [-0.15, -0.1) is 0 Å². The number of ether oxygens (including phenoxy) is 1. The Balaban J connectivity index is 1.54. The number of nitrogens with one attached hydrogen (secondary N) is 3. The number of imidazole rings is 1. The molecule has 2 heterocycles. The molecule has 0 radical (unpaired) electrons. The third-order valence-corrected chi connectivity index (χ3v) is 4.32. The second kappa shape index (κ2) is 6.55. The first-order chi connectivity index (χ1) is 12.6. The van der Waals surface area contributed by atoms with Crippen LogP contribution in [0.25, 0.3) is 21.9 Å². The molecule has 3 N–H and O–H groups in total. The number of aromatic nitrogens is 3. The molecule has 6 heteroatoms. The number of rotatable bonds is 5. The van der Waals surface area contributed by atoms with Crippen molar-refractivity contribution in [1.29, 1.82) is 0 Å². The Hall–Kier alpha value is -3.28. The molecule has 132 valence electrons. The fourth-order valence-corrected chi connectivity index (χ4v) is 3.01. The number of carbonyl (C=O) groups is 1. The lowest BCUT2D eigenvalue weighted by Crippen LogP contribution is -2.27. The Labute approximate surface area is 150 Å². The molecule has 0 saturated carbocycles. The third-order valence-electron chi connectivity index (χ3n) is 4.32. The Bertz CT molecular complexity index is 1050. The Morgan fingerprint density at radius 3 is 2.81 bits per heavy atom. The smallest absolute Gasteiger partial charge is 0.268 e. The van der Waals surface area contributed by atoms with E-state index in [-0.39, 0.29) is 11.9 Å². The number of amides is 1. The van der Waals surface area contributed by atoms with Crippen molar-refractivity contribution in [2.75, 3.05) is 6.61 Å². The van der Waals surface area contributed by atoms with Gasteiger partial charge in [-0.1, -0.05) is 12.1 Å². The maximum absolute atomic E-state index is 12.6. The van der Waals surface area contributed by atoms with Gasteiger partial charge in [0.1, 0.15) is 17.3 Å². The highest BCUT2D eigenvalue weighted by Gasteiger charge is 2.16. The molecule has 0 bridgehead atoms. The average Bonchev–Trinajstić information content (AvgIpc) is 3.25. The van der Waals surface area contributed by atoms with Gasteiger partial charge in [0.2, 0.25) is 0 Å². The molecule has 0 aliphatic carbocycles. The zero-order chi connectivity index (χ0) is 18.1. The van der Waals surface area contributed by atoms with Crippen molar-refractivity contribution in [2.24, 2.45) is 0 Å². The topological polar surface area (TPSA) is 82.8 Å². The minimum Gasteiger partial charge on any atom is -0.494 e. The molecule has 0 aliphatic rings. The summed E-state index contributed by atoms with van der Waals surface area (Å²) in [6.45, 7) is 4.46. The van der Waals surface area contributed by atoms with Gasteiger partial charge in [-0.2, -0.15) is 0 Å². The Kier molecular flexibility index (Phi) is 4.08. The first-order valence-electron chi connectivity index (χ1n) is 8.65. The molecular weight excluding hydrogens is 328 g/mol. The highest BCUT2D eigenvalue weighted by Crippen LogP contribution is 2.22. The molecule has 0 aliphatic heterocycles.